The quantitative estimate of drug-likeness (QED) is 0.621. The highest BCUT2D eigenvalue weighted by molar-refractivity contribution is 5.94. The molecule has 0 unspecified atom stereocenters. The molecule has 1 saturated carbocycles. The first-order valence-electron chi connectivity index (χ1n) is 8.26. The lowest BCUT2D eigenvalue weighted by atomic mass is 10.1. The summed E-state index contributed by atoms with van der Waals surface area (Å²) in [7, 11) is 1.82. The Balaban J connectivity index is 1.70. The number of hydrogen-bond acceptors (Lipinski definition) is 4. The van der Waals surface area contributed by atoms with Gasteiger partial charge in [-0.3, -0.25) is 0 Å². The van der Waals surface area contributed by atoms with Crippen LogP contribution in [0.25, 0.3) is 28.2 Å². The van der Waals surface area contributed by atoms with Gasteiger partial charge in [-0.25, -0.2) is 14.1 Å². The maximum atomic E-state index is 13.5. The zero-order chi connectivity index (χ0) is 17.0. The summed E-state index contributed by atoms with van der Waals surface area (Å²) in [6, 6.07) is 4.69. The van der Waals surface area contributed by atoms with Gasteiger partial charge < -0.3 is 4.98 Å². The largest absolute Gasteiger partial charge is 0.360 e. The zero-order valence-corrected chi connectivity index (χ0v) is 13.6. The van der Waals surface area contributed by atoms with Crippen LogP contribution in [0.3, 0.4) is 0 Å². The van der Waals surface area contributed by atoms with Crippen molar-refractivity contribution in [2.75, 3.05) is 0 Å². The Bertz CT molecular complexity index is 1070. The number of aromatic nitrogens is 7. The predicted molar refractivity (Wildman–Crippen MR) is 89.6 cm³/mol. The number of benzene rings is 1. The molecule has 0 atom stereocenters. The molecule has 1 aliphatic carbocycles. The number of nitrogens with zero attached hydrogens (tertiary/aromatic N) is 6. The Labute approximate surface area is 142 Å². The van der Waals surface area contributed by atoms with Gasteiger partial charge in [-0.15, -0.1) is 5.10 Å². The van der Waals surface area contributed by atoms with Crippen molar-refractivity contribution in [2.24, 2.45) is 13.0 Å². The van der Waals surface area contributed by atoms with Crippen LogP contribution in [0.1, 0.15) is 18.7 Å². The number of hydrogen-bond donors (Lipinski definition) is 1. The molecule has 25 heavy (non-hydrogen) atoms. The number of rotatable bonds is 4. The van der Waals surface area contributed by atoms with E-state index in [2.05, 4.69) is 20.2 Å². The number of halogens is 1. The SMILES string of the molecule is Cn1ncnc1-n1nc(CC2CC2)nc1-c1c[nH]c2cc(F)ccc12. The highest BCUT2D eigenvalue weighted by Crippen LogP contribution is 2.33. The third kappa shape index (κ3) is 2.41. The van der Waals surface area contributed by atoms with Crippen molar-refractivity contribution in [3.8, 4) is 17.3 Å². The van der Waals surface area contributed by atoms with E-state index in [-0.39, 0.29) is 5.82 Å². The Hall–Kier alpha value is -3.03. The Morgan fingerprint density at radius 3 is 2.96 bits per heavy atom. The van der Waals surface area contributed by atoms with Crippen LogP contribution < -0.4 is 0 Å². The van der Waals surface area contributed by atoms with Crippen molar-refractivity contribution < 1.29 is 4.39 Å². The summed E-state index contributed by atoms with van der Waals surface area (Å²) < 4.78 is 16.9. The Morgan fingerprint density at radius 1 is 1.32 bits per heavy atom. The van der Waals surface area contributed by atoms with Crippen molar-refractivity contribution >= 4 is 10.9 Å². The monoisotopic (exact) mass is 337 g/mol. The molecule has 1 fully saturated rings. The van der Waals surface area contributed by atoms with Gasteiger partial charge in [0.1, 0.15) is 12.1 Å². The summed E-state index contributed by atoms with van der Waals surface area (Å²) in [5, 5.41) is 9.70. The van der Waals surface area contributed by atoms with Gasteiger partial charge in [0.15, 0.2) is 11.6 Å². The summed E-state index contributed by atoms with van der Waals surface area (Å²) in [6.45, 7) is 0. The van der Waals surface area contributed by atoms with Gasteiger partial charge in [0.05, 0.1) is 0 Å². The summed E-state index contributed by atoms with van der Waals surface area (Å²) in [5.74, 6) is 2.49. The lowest BCUT2D eigenvalue weighted by Gasteiger charge is -2.03. The molecule has 3 aromatic heterocycles. The molecule has 0 amide bonds. The molecule has 5 rings (SSSR count). The molecule has 0 bridgehead atoms. The molecule has 0 saturated heterocycles. The molecule has 1 N–H and O–H groups in total. The van der Waals surface area contributed by atoms with Crippen LogP contribution in [0.5, 0.6) is 0 Å². The summed E-state index contributed by atoms with van der Waals surface area (Å²) in [4.78, 5) is 12.2. The van der Waals surface area contributed by atoms with E-state index in [4.69, 9.17) is 4.98 Å². The van der Waals surface area contributed by atoms with E-state index in [0.29, 0.717) is 17.7 Å². The molecule has 3 heterocycles. The van der Waals surface area contributed by atoms with Crippen molar-refractivity contribution in [3.05, 3.63) is 42.4 Å². The molecule has 0 aliphatic heterocycles. The van der Waals surface area contributed by atoms with E-state index in [1.54, 1.807) is 15.4 Å². The zero-order valence-electron chi connectivity index (χ0n) is 13.6. The van der Waals surface area contributed by atoms with Crippen LogP contribution in [0, 0.1) is 11.7 Å². The second-order valence-electron chi connectivity index (χ2n) is 6.49. The fraction of sp³-hybridized carbons (Fsp3) is 0.294. The minimum atomic E-state index is -0.273. The molecule has 126 valence electrons. The second kappa shape index (κ2) is 5.23. The van der Waals surface area contributed by atoms with Crippen molar-refractivity contribution in [1.82, 2.24) is 34.5 Å². The predicted octanol–water partition coefficient (Wildman–Crippen LogP) is 2.64. The summed E-state index contributed by atoms with van der Waals surface area (Å²) in [6.07, 6.45) is 6.67. The molecule has 8 heteroatoms. The van der Waals surface area contributed by atoms with Crippen LogP contribution in [0.2, 0.25) is 0 Å². The van der Waals surface area contributed by atoms with Gasteiger partial charge in [0, 0.05) is 36.1 Å². The minimum absolute atomic E-state index is 0.273. The first kappa shape index (κ1) is 14.3. The molecular weight excluding hydrogens is 321 g/mol. The first-order valence-corrected chi connectivity index (χ1v) is 8.26. The van der Waals surface area contributed by atoms with E-state index >= 15 is 0 Å². The second-order valence-corrected chi connectivity index (χ2v) is 6.49. The van der Waals surface area contributed by atoms with Crippen LogP contribution >= 0.6 is 0 Å². The average molecular weight is 337 g/mol. The van der Waals surface area contributed by atoms with E-state index in [0.717, 1.165) is 28.7 Å². The molecule has 0 spiro atoms. The van der Waals surface area contributed by atoms with Gasteiger partial charge in [-0.2, -0.15) is 14.8 Å². The molecule has 1 aliphatic rings. The first-order chi connectivity index (χ1) is 12.2. The van der Waals surface area contributed by atoms with Gasteiger partial charge in [0.25, 0.3) is 5.95 Å². The van der Waals surface area contributed by atoms with E-state index in [1.807, 2.05) is 13.2 Å². The van der Waals surface area contributed by atoms with E-state index in [9.17, 15) is 4.39 Å². The smallest absolute Gasteiger partial charge is 0.250 e. The molecule has 4 aromatic rings. The number of nitrogens with one attached hydrogen (secondary N) is 1. The van der Waals surface area contributed by atoms with Crippen molar-refractivity contribution in [1.29, 1.82) is 0 Å². The van der Waals surface area contributed by atoms with Gasteiger partial charge in [0.2, 0.25) is 0 Å². The fourth-order valence-corrected chi connectivity index (χ4v) is 3.10. The standard InChI is InChI=1S/C17H16FN7/c1-24-17(20-9-21-24)25-16(22-15(23-25)6-10-2-3-10)13-8-19-14-7-11(18)4-5-12(13)14/h4-5,7-10,19H,2-3,6H2,1H3. The molecule has 7 nitrogen and oxygen atoms in total. The Kier molecular flexibility index (Phi) is 3.00. The average Bonchev–Trinajstić information content (AvgIpc) is 2.97. The third-order valence-electron chi connectivity index (χ3n) is 4.58. The van der Waals surface area contributed by atoms with Crippen molar-refractivity contribution in [3.63, 3.8) is 0 Å². The van der Waals surface area contributed by atoms with Gasteiger partial charge in [-0.1, -0.05) is 0 Å². The fourth-order valence-electron chi connectivity index (χ4n) is 3.10. The summed E-state index contributed by atoms with van der Waals surface area (Å²) in [5.41, 5.74) is 1.60. The normalized spacial score (nSPS) is 14.5. The molecule has 1 aromatic carbocycles. The minimum Gasteiger partial charge on any atom is -0.360 e. The Morgan fingerprint density at radius 2 is 2.20 bits per heavy atom. The topological polar surface area (TPSA) is 77.2 Å². The van der Waals surface area contributed by atoms with Crippen LogP contribution in [0.4, 0.5) is 4.39 Å². The molecular formula is C17H16FN7. The van der Waals surface area contributed by atoms with E-state index in [1.165, 1.54) is 31.3 Å². The van der Waals surface area contributed by atoms with Crippen LogP contribution in [-0.2, 0) is 13.5 Å². The van der Waals surface area contributed by atoms with Gasteiger partial charge >= 0.3 is 0 Å². The number of aromatic amines is 1. The van der Waals surface area contributed by atoms with Crippen LogP contribution in [0.15, 0.2) is 30.7 Å². The highest BCUT2D eigenvalue weighted by atomic mass is 19.1. The molecule has 0 radical (unpaired) electrons. The third-order valence-corrected chi connectivity index (χ3v) is 4.58. The maximum absolute atomic E-state index is 13.5. The lowest BCUT2D eigenvalue weighted by Crippen LogP contribution is -2.08. The number of aryl methyl sites for hydroxylation is 1. The lowest BCUT2D eigenvalue weighted by molar-refractivity contribution is 0.629. The van der Waals surface area contributed by atoms with Crippen molar-refractivity contribution in [2.45, 2.75) is 19.3 Å². The van der Waals surface area contributed by atoms with E-state index < -0.39 is 0 Å². The van der Waals surface area contributed by atoms with Crippen LogP contribution in [-0.4, -0.2) is 34.5 Å². The maximum Gasteiger partial charge on any atom is 0.250 e. The highest BCUT2D eigenvalue weighted by Gasteiger charge is 2.26. The van der Waals surface area contributed by atoms with Gasteiger partial charge in [-0.05, 0) is 37.0 Å². The summed E-state index contributed by atoms with van der Waals surface area (Å²) >= 11 is 0. The number of fused-ring (bicyclic) bond motifs is 1. The number of H-pyrrole nitrogens is 1.